The van der Waals surface area contributed by atoms with E-state index in [0.717, 1.165) is 10.8 Å². The first-order chi connectivity index (χ1) is 14.8. The van der Waals surface area contributed by atoms with Crippen LogP contribution < -0.4 is 10.1 Å². The van der Waals surface area contributed by atoms with Crippen LogP contribution in [0.15, 0.2) is 53.7 Å². The third-order valence-electron chi connectivity index (χ3n) is 5.82. The van der Waals surface area contributed by atoms with Crippen molar-refractivity contribution in [3.8, 4) is 5.75 Å². The summed E-state index contributed by atoms with van der Waals surface area (Å²) in [5.41, 5.74) is -0.354. The van der Waals surface area contributed by atoms with Gasteiger partial charge in [-0.1, -0.05) is 44.2 Å². The van der Waals surface area contributed by atoms with Crippen LogP contribution in [0.2, 0.25) is 0 Å². The van der Waals surface area contributed by atoms with Crippen LogP contribution in [0.4, 0.5) is 0 Å². The quantitative estimate of drug-likeness (QED) is 0.664. The Morgan fingerprint density at radius 1 is 1.03 bits per heavy atom. The lowest BCUT2D eigenvalue weighted by atomic mass is 9.74. The molecular weight excluding hydrogens is 394 g/mol. The summed E-state index contributed by atoms with van der Waals surface area (Å²) in [5, 5.41) is 5.33. The number of esters is 2. The number of nitrogens with one attached hydrogen (secondary N) is 1. The fourth-order valence-corrected chi connectivity index (χ4v) is 4.27. The molecule has 3 unspecified atom stereocenters. The molecule has 0 saturated heterocycles. The molecule has 0 fully saturated rings. The van der Waals surface area contributed by atoms with Gasteiger partial charge in [-0.15, -0.1) is 0 Å². The summed E-state index contributed by atoms with van der Waals surface area (Å²) in [6, 6.07) is 13.2. The van der Waals surface area contributed by atoms with Crippen molar-refractivity contribution >= 4 is 22.7 Å². The van der Waals surface area contributed by atoms with Crippen molar-refractivity contribution in [1.29, 1.82) is 0 Å². The van der Waals surface area contributed by atoms with Crippen LogP contribution in [-0.2, 0) is 19.1 Å². The van der Waals surface area contributed by atoms with Gasteiger partial charge in [-0.25, -0.2) is 9.59 Å². The van der Waals surface area contributed by atoms with Crippen LogP contribution in [0.1, 0.15) is 41.0 Å². The molecule has 2 aromatic rings. The number of fused-ring (bicyclic) bond motifs is 1. The second-order valence-electron chi connectivity index (χ2n) is 7.89. The maximum Gasteiger partial charge on any atom is 0.353 e. The lowest BCUT2D eigenvalue weighted by Crippen LogP contribution is -2.66. The predicted octanol–water partition coefficient (Wildman–Crippen LogP) is 4.38. The molecule has 0 aliphatic carbocycles. The zero-order valence-corrected chi connectivity index (χ0v) is 18.9. The molecule has 0 bridgehead atoms. The summed E-state index contributed by atoms with van der Waals surface area (Å²) in [7, 11) is 0. The normalized spacial score (nSPS) is 23.3. The Balaban J connectivity index is 2.09. The summed E-state index contributed by atoms with van der Waals surface area (Å²) in [6.45, 7) is 9.72. The van der Waals surface area contributed by atoms with Gasteiger partial charge in [0, 0.05) is 11.6 Å². The first kappa shape index (κ1) is 22.7. The molecule has 0 saturated carbocycles. The van der Waals surface area contributed by atoms with E-state index in [-0.39, 0.29) is 13.2 Å². The van der Waals surface area contributed by atoms with Crippen LogP contribution in [0.5, 0.6) is 5.75 Å². The molecule has 0 radical (unpaired) electrons. The average Bonchev–Trinajstić information content (AvgIpc) is 2.75. The minimum Gasteiger partial charge on any atom is -0.473 e. The molecule has 31 heavy (non-hydrogen) atoms. The number of carbonyl (C=O) groups is 2. The minimum atomic E-state index is -1.43. The van der Waals surface area contributed by atoms with E-state index in [4.69, 9.17) is 14.2 Å². The molecule has 6 nitrogen and oxygen atoms in total. The Kier molecular flexibility index (Phi) is 6.88. The van der Waals surface area contributed by atoms with Gasteiger partial charge < -0.3 is 19.5 Å². The number of allylic oxidation sites excluding steroid dienone is 1. The van der Waals surface area contributed by atoms with E-state index in [2.05, 4.69) is 5.32 Å². The fourth-order valence-electron chi connectivity index (χ4n) is 4.27. The van der Waals surface area contributed by atoms with Crippen molar-refractivity contribution in [2.45, 2.75) is 52.7 Å². The molecule has 1 heterocycles. The van der Waals surface area contributed by atoms with Crippen molar-refractivity contribution in [1.82, 2.24) is 5.32 Å². The molecule has 0 spiro atoms. The van der Waals surface area contributed by atoms with Crippen molar-refractivity contribution in [2.75, 3.05) is 13.2 Å². The van der Waals surface area contributed by atoms with E-state index in [1.807, 2.05) is 70.2 Å². The van der Waals surface area contributed by atoms with Crippen LogP contribution in [0.25, 0.3) is 10.8 Å². The molecule has 0 amide bonds. The van der Waals surface area contributed by atoms with Gasteiger partial charge in [-0.2, -0.15) is 0 Å². The summed E-state index contributed by atoms with van der Waals surface area (Å²) in [6.07, 6.45) is 0.688. The fraction of sp³-hybridized carbons (Fsp3) is 0.440. The third-order valence-corrected chi connectivity index (χ3v) is 5.82. The highest BCUT2D eigenvalue weighted by molar-refractivity contribution is 5.94. The topological polar surface area (TPSA) is 73.9 Å². The number of hydrogen-bond donors (Lipinski definition) is 1. The Hall–Kier alpha value is -3.02. The first-order valence-electron chi connectivity index (χ1n) is 10.8. The van der Waals surface area contributed by atoms with Crippen LogP contribution in [0.3, 0.4) is 0 Å². The second-order valence-corrected chi connectivity index (χ2v) is 7.89. The number of rotatable bonds is 7. The molecule has 3 atom stereocenters. The molecule has 1 aliphatic rings. The first-order valence-corrected chi connectivity index (χ1v) is 10.8. The summed E-state index contributed by atoms with van der Waals surface area (Å²) >= 11 is 0. The van der Waals surface area contributed by atoms with E-state index >= 15 is 0 Å². The van der Waals surface area contributed by atoms with E-state index in [0.29, 0.717) is 23.4 Å². The van der Waals surface area contributed by atoms with Gasteiger partial charge in [0.15, 0.2) is 0 Å². The maximum absolute atomic E-state index is 13.4. The van der Waals surface area contributed by atoms with Crippen molar-refractivity contribution < 1.29 is 23.8 Å². The Morgan fingerprint density at radius 2 is 1.74 bits per heavy atom. The van der Waals surface area contributed by atoms with Gasteiger partial charge in [0.2, 0.25) is 5.60 Å². The molecule has 1 N–H and O–H groups in total. The molecule has 2 aromatic carbocycles. The summed E-state index contributed by atoms with van der Waals surface area (Å²) < 4.78 is 17.3. The number of carbonyl (C=O) groups excluding carboxylic acids is 2. The monoisotopic (exact) mass is 425 g/mol. The lowest BCUT2D eigenvalue weighted by molar-refractivity contribution is -0.170. The van der Waals surface area contributed by atoms with Gasteiger partial charge >= 0.3 is 11.9 Å². The van der Waals surface area contributed by atoms with E-state index < -0.39 is 29.5 Å². The number of benzene rings is 2. The number of hydrogen-bond acceptors (Lipinski definition) is 6. The smallest absolute Gasteiger partial charge is 0.353 e. The van der Waals surface area contributed by atoms with Gasteiger partial charge in [-0.05, 0) is 50.1 Å². The van der Waals surface area contributed by atoms with E-state index in [9.17, 15) is 9.59 Å². The van der Waals surface area contributed by atoms with Gasteiger partial charge in [-0.3, -0.25) is 0 Å². The molecular formula is C25H31NO5. The predicted molar refractivity (Wildman–Crippen MR) is 120 cm³/mol. The summed E-state index contributed by atoms with van der Waals surface area (Å²) in [5.74, 6) is -1.000. The molecule has 6 heteroatoms. The van der Waals surface area contributed by atoms with Crippen molar-refractivity contribution in [3.63, 3.8) is 0 Å². The van der Waals surface area contributed by atoms with Gasteiger partial charge in [0.1, 0.15) is 5.75 Å². The maximum atomic E-state index is 13.4. The lowest BCUT2D eigenvalue weighted by Gasteiger charge is -2.46. The molecule has 0 aromatic heterocycles. The standard InChI is InChI=1S/C25H31NO5/c1-6-14-30-24(28)25(31-21-13-12-19-10-8-9-11-20(19)15-21)16(3)22(23(27)29-7-2)17(4)26-18(25)5/h8-13,15-16,18,26H,6-7,14H2,1-5H3. The molecule has 1 aliphatic heterocycles. The largest absolute Gasteiger partial charge is 0.473 e. The number of ether oxygens (including phenoxy) is 3. The zero-order chi connectivity index (χ0) is 22.6. The van der Waals surface area contributed by atoms with Gasteiger partial charge in [0.25, 0.3) is 0 Å². The van der Waals surface area contributed by atoms with Crippen LogP contribution in [-0.4, -0.2) is 36.8 Å². The zero-order valence-electron chi connectivity index (χ0n) is 18.9. The Morgan fingerprint density at radius 3 is 2.42 bits per heavy atom. The van der Waals surface area contributed by atoms with Crippen LogP contribution in [0, 0.1) is 5.92 Å². The van der Waals surface area contributed by atoms with Gasteiger partial charge in [0.05, 0.1) is 24.8 Å². The third kappa shape index (κ3) is 4.24. The van der Waals surface area contributed by atoms with Crippen LogP contribution >= 0.6 is 0 Å². The van der Waals surface area contributed by atoms with E-state index in [1.165, 1.54) is 0 Å². The highest BCUT2D eigenvalue weighted by atomic mass is 16.6. The summed E-state index contributed by atoms with van der Waals surface area (Å²) in [4.78, 5) is 26.2. The molecule has 3 rings (SSSR count). The van der Waals surface area contributed by atoms with Crippen molar-refractivity contribution in [3.05, 3.63) is 53.7 Å². The Bertz CT molecular complexity index is 998. The minimum absolute atomic E-state index is 0.247. The second kappa shape index (κ2) is 9.41. The SMILES string of the molecule is CCCOC(=O)C1(Oc2ccc3ccccc3c2)C(C)NC(C)=C(C(=O)OCC)C1C. The molecule has 166 valence electrons. The van der Waals surface area contributed by atoms with Crippen molar-refractivity contribution in [2.24, 2.45) is 5.92 Å². The average molecular weight is 426 g/mol. The highest BCUT2D eigenvalue weighted by Gasteiger charge is 2.57. The Labute approximate surface area is 183 Å². The van der Waals surface area contributed by atoms with E-state index in [1.54, 1.807) is 6.92 Å². The highest BCUT2D eigenvalue weighted by Crippen LogP contribution is 2.40.